The minimum atomic E-state index is 0.848. The molecule has 0 aromatic carbocycles. The Hall–Kier alpha value is -1.94. The molecule has 2 aromatic heterocycles. The summed E-state index contributed by atoms with van der Waals surface area (Å²) < 4.78 is 0. The summed E-state index contributed by atoms with van der Waals surface area (Å²) in [7, 11) is 2.10. The van der Waals surface area contributed by atoms with E-state index in [4.69, 9.17) is 0 Å². The molecule has 1 N–H and O–H groups in total. The second kappa shape index (κ2) is 6.85. The summed E-state index contributed by atoms with van der Waals surface area (Å²) in [4.78, 5) is 10.5. The molecule has 19 heavy (non-hydrogen) atoms. The Labute approximate surface area is 114 Å². The third-order valence-corrected chi connectivity index (χ3v) is 3.02. The standard InChI is InChI=1S/C15H20N4/c1-3-16-10-14-11-18-9-6-15(14)19(2)12-13-4-7-17-8-5-13/h4-9,11,16H,3,10,12H2,1-2H3. The van der Waals surface area contributed by atoms with Crippen molar-refractivity contribution in [3.8, 4) is 0 Å². The molecular weight excluding hydrogens is 236 g/mol. The minimum absolute atomic E-state index is 0.848. The fourth-order valence-electron chi connectivity index (χ4n) is 2.04. The Bertz CT molecular complexity index is 499. The summed E-state index contributed by atoms with van der Waals surface area (Å²) in [6.45, 7) is 4.78. The molecule has 0 bridgehead atoms. The van der Waals surface area contributed by atoms with E-state index in [0.29, 0.717) is 0 Å². The summed E-state index contributed by atoms with van der Waals surface area (Å²) >= 11 is 0. The number of hydrogen-bond acceptors (Lipinski definition) is 4. The topological polar surface area (TPSA) is 41.1 Å². The molecule has 0 saturated carbocycles. The van der Waals surface area contributed by atoms with Crippen LogP contribution in [0.15, 0.2) is 43.0 Å². The van der Waals surface area contributed by atoms with E-state index in [1.54, 1.807) is 0 Å². The van der Waals surface area contributed by atoms with Gasteiger partial charge in [0.25, 0.3) is 0 Å². The average Bonchev–Trinajstić information content (AvgIpc) is 2.46. The van der Waals surface area contributed by atoms with E-state index in [-0.39, 0.29) is 0 Å². The zero-order valence-corrected chi connectivity index (χ0v) is 11.5. The number of anilines is 1. The molecule has 0 amide bonds. The summed E-state index contributed by atoms with van der Waals surface area (Å²) in [5.74, 6) is 0. The van der Waals surface area contributed by atoms with Crippen molar-refractivity contribution in [2.75, 3.05) is 18.5 Å². The Morgan fingerprint density at radius 2 is 1.84 bits per heavy atom. The van der Waals surface area contributed by atoms with Crippen molar-refractivity contribution in [1.29, 1.82) is 0 Å². The molecule has 0 saturated heterocycles. The van der Waals surface area contributed by atoms with Gasteiger partial charge in [0.2, 0.25) is 0 Å². The lowest BCUT2D eigenvalue weighted by molar-refractivity contribution is 0.720. The second-order valence-corrected chi connectivity index (χ2v) is 4.50. The number of pyridine rings is 2. The summed E-state index contributed by atoms with van der Waals surface area (Å²) in [6.07, 6.45) is 7.43. The number of rotatable bonds is 6. The van der Waals surface area contributed by atoms with Crippen LogP contribution in [-0.4, -0.2) is 23.6 Å². The van der Waals surface area contributed by atoms with Crippen molar-refractivity contribution in [2.24, 2.45) is 0 Å². The molecule has 2 heterocycles. The molecule has 0 aliphatic carbocycles. The number of hydrogen-bond donors (Lipinski definition) is 1. The van der Waals surface area contributed by atoms with Gasteiger partial charge in [-0.3, -0.25) is 9.97 Å². The average molecular weight is 256 g/mol. The number of nitrogens with zero attached hydrogens (tertiary/aromatic N) is 3. The number of nitrogens with one attached hydrogen (secondary N) is 1. The molecule has 0 spiro atoms. The normalized spacial score (nSPS) is 10.4. The lowest BCUT2D eigenvalue weighted by Gasteiger charge is -2.22. The predicted octanol–water partition coefficient (Wildman–Crippen LogP) is 2.22. The first kappa shape index (κ1) is 13.5. The molecule has 0 atom stereocenters. The smallest absolute Gasteiger partial charge is 0.0443 e. The highest BCUT2D eigenvalue weighted by Crippen LogP contribution is 2.19. The summed E-state index contributed by atoms with van der Waals surface area (Å²) in [6, 6.07) is 6.15. The molecule has 0 aliphatic heterocycles. The van der Waals surface area contributed by atoms with E-state index < -0.39 is 0 Å². The Kier molecular flexibility index (Phi) is 4.86. The predicted molar refractivity (Wildman–Crippen MR) is 78.0 cm³/mol. The Balaban J connectivity index is 2.12. The molecular formula is C15H20N4. The van der Waals surface area contributed by atoms with E-state index in [2.05, 4.69) is 40.2 Å². The van der Waals surface area contributed by atoms with Gasteiger partial charge in [0.1, 0.15) is 0 Å². The maximum atomic E-state index is 4.21. The van der Waals surface area contributed by atoms with Crippen LogP contribution in [-0.2, 0) is 13.1 Å². The first-order valence-corrected chi connectivity index (χ1v) is 6.55. The lowest BCUT2D eigenvalue weighted by atomic mass is 10.2. The van der Waals surface area contributed by atoms with Crippen LogP contribution in [0, 0.1) is 0 Å². The van der Waals surface area contributed by atoms with Gasteiger partial charge >= 0.3 is 0 Å². The van der Waals surface area contributed by atoms with Crippen LogP contribution in [0.2, 0.25) is 0 Å². The van der Waals surface area contributed by atoms with Gasteiger partial charge in [0.15, 0.2) is 0 Å². The monoisotopic (exact) mass is 256 g/mol. The van der Waals surface area contributed by atoms with Crippen molar-refractivity contribution >= 4 is 5.69 Å². The van der Waals surface area contributed by atoms with Gasteiger partial charge in [-0.05, 0) is 30.3 Å². The fourth-order valence-corrected chi connectivity index (χ4v) is 2.04. The molecule has 0 unspecified atom stereocenters. The maximum absolute atomic E-state index is 4.21. The van der Waals surface area contributed by atoms with E-state index >= 15 is 0 Å². The van der Waals surface area contributed by atoms with Crippen LogP contribution in [0.4, 0.5) is 5.69 Å². The first-order valence-electron chi connectivity index (χ1n) is 6.55. The quantitative estimate of drug-likeness (QED) is 0.860. The fraction of sp³-hybridized carbons (Fsp3) is 0.333. The SMILES string of the molecule is CCNCc1cnccc1N(C)Cc1ccncc1. The van der Waals surface area contributed by atoms with Crippen LogP contribution in [0.25, 0.3) is 0 Å². The van der Waals surface area contributed by atoms with Gasteiger partial charge in [0, 0.05) is 56.2 Å². The van der Waals surface area contributed by atoms with Crippen LogP contribution < -0.4 is 10.2 Å². The van der Waals surface area contributed by atoms with E-state index in [1.165, 1.54) is 16.8 Å². The molecule has 2 rings (SSSR count). The number of aromatic nitrogens is 2. The van der Waals surface area contributed by atoms with Crippen LogP contribution in [0.3, 0.4) is 0 Å². The Morgan fingerprint density at radius 1 is 1.11 bits per heavy atom. The largest absolute Gasteiger partial charge is 0.370 e. The summed E-state index contributed by atoms with van der Waals surface area (Å²) in [5, 5.41) is 3.35. The van der Waals surface area contributed by atoms with Crippen molar-refractivity contribution in [2.45, 2.75) is 20.0 Å². The second-order valence-electron chi connectivity index (χ2n) is 4.50. The van der Waals surface area contributed by atoms with E-state index in [0.717, 1.165) is 19.6 Å². The van der Waals surface area contributed by atoms with Crippen molar-refractivity contribution in [3.63, 3.8) is 0 Å². The molecule has 4 heteroatoms. The van der Waals surface area contributed by atoms with Gasteiger partial charge in [-0.2, -0.15) is 0 Å². The van der Waals surface area contributed by atoms with Crippen LogP contribution in [0.1, 0.15) is 18.1 Å². The maximum Gasteiger partial charge on any atom is 0.0443 e. The third-order valence-electron chi connectivity index (χ3n) is 3.02. The lowest BCUT2D eigenvalue weighted by Crippen LogP contribution is -2.20. The molecule has 100 valence electrons. The molecule has 0 aliphatic rings. The van der Waals surface area contributed by atoms with Crippen LogP contribution in [0.5, 0.6) is 0 Å². The Morgan fingerprint density at radius 3 is 2.58 bits per heavy atom. The molecule has 0 fully saturated rings. The first-order chi connectivity index (χ1) is 9.31. The van der Waals surface area contributed by atoms with Gasteiger partial charge < -0.3 is 10.2 Å². The highest BCUT2D eigenvalue weighted by Gasteiger charge is 2.07. The van der Waals surface area contributed by atoms with Gasteiger partial charge in [-0.15, -0.1) is 0 Å². The third kappa shape index (κ3) is 3.76. The highest BCUT2D eigenvalue weighted by atomic mass is 15.1. The van der Waals surface area contributed by atoms with Crippen molar-refractivity contribution in [3.05, 3.63) is 54.1 Å². The zero-order chi connectivity index (χ0) is 13.5. The van der Waals surface area contributed by atoms with E-state index in [1.807, 2.05) is 36.9 Å². The minimum Gasteiger partial charge on any atom is -0.370 e. The zero-order valence-electron chi connectivity index (χ0n) is 11.5. The molecule has 0 radical (unpaired) electrons. The molecule has 4 nitrogen and oxygen atoms in total. The van der Waals surface area contributed by atoms with Crippen LogP contribution >= 0.6 is 0 Å². The van der Waals surface area contributed by atoms with Gasteiger partial charge in [-0.25, -0.2) is 0 Å². The van der Waals surface area contributed by atoms with E-state index in [9.17, 15) is 0 Å². The van der Waals surface area contributed by atoms with Crippen molar-refractivity contribution in [1.82, 2.24) is 15.3 Å². The molecule has 2 aromatic rings. The van der Waals surface area contributed by atoms with Crippen molar-refractivity contribution < 1.29 is 0 Å². The van der Waals surface area contributed by atoms with Gasteiger partial charge in [0.05, 0.1) is 0 Å². The van der Waals surface area contributed by atoms with Gasteiger partial charge in [-0.1, -0.05) is 6.92 Å². The highest BCUT2D eigenvalue weighted by molar-refractivity contribution is 5.51. The summed E-state index contributed by atoms with van der Waals surface area (Å²) in [5.41, 5.74) is 3.69.